The average molecular weight is 308 g/mol. The van der Waals surface area contributed by atoms with Crippen LogP contribution in [-0.4, -0.2) is 61.0 Å². The fraction of sp³-hybridized carbons (Fsp3) is 0.600. The SMILES string of the molecule is O=C(c1cccs1)N1CCC(C(=O)N2CCOCC2)CC1. The van der Waals surface area contributed by atoms with E-state index in [1.54, 1.807) is 0 Å². The van der Waals surface area contributed by atoms with Gasteiger partial charge in [0, 0.05) is 32.1 Å². The van der Waals surface area contributed by atoms with Gasteiger partial charge in [0.1, 0.15) is 0 Å². The standard InChI is InChI=1S/C15H20N2O3S/c18-14(17-7-9-20-10-8-17)12-3-5-16(6-4-12)15(19)13-2-1-11-21-13/h1-2,11-12H,3-10H2. The molecule has 0 N–H and O–H groups in total. The van der Waals surface area contributed by atoms with Crippen LogP contribution in [0.1, 0.15) is 22.5 Å². The summed E-state index contributed by atoms with van der Waals surface area (Å²) in [5.41, 5.74) is 0. The molecule has 21 heavy (non-hydrogen) atoms. The van der Waals surface area contributed by atoms with E-state index in [0.29, 0.717) is 39.4 Å². The van der Waals surface area contributed by atoms with Crippen molar-refractivity contribution in [1.82, 2.24) is 9.80 Å². The van der Waals surface area contributed by atoms with Gasteiger partial charge in [-0.15, -0.1) is 11.3 Å². The number of morpholine rings is 1. The van der Waals surface area contributed by atoms with Gasteiger partial charge in [0.15, 0.2) is 0 Å². The minimum absolute atomic E-state index is 0.0653. The molecule has 3 heterocycles. The Morgan fingerprint density at radius 2 is 1.81 bits per heavy atom. The molecule has 1 aromatic rings. The van der Waals surface area contributed by atoms with Crippen molar-refractivity contribution >= 4 is 23.2 Å². The third-order valence-corrected chi connectivity index (χ3v) is 5.04. The van der Waals surface area contributed by atoms with Crippen LogP contribution in [-0.2, 0) is 9.53 Å². The van der Waals surface area contributed by atoms with Crippen molar-refractivity contribution < 1.29 is 14.3 Å². The van der Waals surface area contributed by atoms with E-state index in [4.69, 9.17) is 4.74 Å². The van der Waals surface area contributed by atoms with Crippen molar-refractivity contribution in [2.45, 2.75) is 12.8 Å². The van der Waals surface area contributed by atoms with Gasteiger partial charge in [-0.05, 0) is 24.3 Å². The number of carbonyl (C=O) groups is 2. The number of ether oxygens (including phenoxy) is 1. The molecule has 0 spiro atoms. The van der Waals surface area contributed by atoms with Crippen LogP contribution in [0.5, 0.6) is 0 Å². The van der Waals surface area contributed by atoms with Gasteiger partial charge in [-0.3, -0.25) is 9.59 Å². The number of thiophene rings is 1. The lowest BCUT2D eigenvalue weighted by atomic mass is 9.95. The number of carbonyl (C=O) groups excluding carboxylic acids is 2. The Morgan fingerprint density at radius 3 is 2.43 bits per heavy atom. The molecule has 2 fully saturated rings. The third-order valence-electron chi connectivity index (χ3n) is 4.19. The van der Waals surface area contributed by atoms with E-state index in [9.17, 15) is 9.59 Å². The summed E-state index contributed by atoms with van der Waals surface area (Å²) in [6.07, 6.45) is 1.54. The minimum atomic E-state index is 0.0653. The molecule has 114 valence electrons. The zero-order chi connectivity index (χ0) is 14.7. The second-order valence-corrected chi connectivity index (χ2v) is 6.43. The number of rotatable bonds is 2. The summed E-state index contributed by atoms with van der Waals surface area (Å²) < 4.78 is 5.28. The van der Waals surface area contributed by atoms with Gasteiger partial charge >= 0.3 is 0 Å². The Hall–Kier alpha value is -1.40. The number of hydrogen-bond acceptors (Lipinski definition) is 4. The molecule has 2 saturated heterocycles. The smallest absolute Gasteiger partial charge is 0.263 e. The lowest BCUT2D eigenvalue weighted by molar-refractivity contribution is -0.141. The Labute approximate surface area is 128 Å². The van der Waals surface area contributed by atoms with E-state index in [2.05, 4.69) is 0 Å². The van der Waals surface area contributed by atoms with Crippen LogP contribution in [0.3, 0.4) is 0 Å². The van der Waals surface area contributed by atoms with Crippen LogP contribution in [0.25, 0.3) is 0 Å². The van der Waals surface area contributed by atoms with Gasteiger partial charge in [0.2, 0.25) is 5.91 Å². The number of piperidine rings is 1. The summed E-state index contributed by atoms with van der Waals surface area (Å²) in [5, 5.41) is 1.92. The Bertz CT molecular complexity index is 489. The fourth-order valence-corrected chi connectivity index (χ4v) is 3.62. The largest absolute Gasteiger partial charge is 0.378 e. The first-order chi connectivity index (χ1) is 10.3. The summed E-state index contributed by atoms with van der Waals surface area (Å²) in [6.45, 7) is 4.04. The molecule has 0 unspecified atom stereocenters. The van der Waals surface area contributed by atoms with Gasteiger partial charge in [0.25, 0.3) is 5.91 Å². The van der Waals surface area contributed by atoms with Crippen LogP contribution in [0, 0.1) is 5.92 Å². The van der Waals surface area contributed by atoms with E-state index in [0.717, 1.165) is 17.7 Å². The van der Waals surface area contributed by atoms with Crippen LogP contribution in [0.4, 0.5) is 0 Å². The Kier molecular flexibility index (Phi) is 4.55. The van der Waals surface area contributed by atoms with E-state index in [-0.39, 0.29) is 17.7 Å². The molecule has 0 atom stereocenters. The fourth-order valence-electron chi connectivity index (χ4n) is 2.93. The molecule has 2 amide bonds. The number of likely N-dealkylation sites (tertiary alicyclic amines) is 1. The van der Waals surface area contributed by atoms with Crippen molar-refractivity contribution in [2.75, 3.05) is 39.4 Å². The Balaban J connectivity index is 1.52. The maximum Gasteiger partial charge on any atom is 0.263 e. The highest BCUT2D eigenvalue weighted by molar-refractivity contribution is 7.12. The van der Waals surface area contributed by atoms with Gasteiger partial charge in [-0.2, -0.15) is 0 Å². The number of nitrogens with zero attached hydrogens (tertiary/aromatic N) is 2. The van der Waals surface area contributed by atoms with E-state index < -0.39 is 0 Å². The maximum absolute atomic E-state index is 12.4. The molecule has 3 rings (SSSR count). The zero-order valence-corrected chi connectivity index (χ0v) is 12.8. The summed E-state index contributed by atoms with van der Waals surface area (Å²) in [7, 11) is 0. The third kappa shape index (κ3) is 3.27. The molecule has 2 aliphatic rings. The lowest BCUT2D eigenvalue weighted by Gasteiger charge is -2.35. The number of hydrogen-bond donors (Lipinski definition) is 0. The van der Waals surface area contributed by atoms with Gasteiger partial charge < -0.3 is 14.5 Å². The van der Waals surface area contributed by atoms with Gasteiger partial charge in [-0.1, -0.05) is 6.07 Å². The molecule has 2 aliphatic heterocycles. The second-order valence-electron chi connectivity index (χ2n) is 5.48. The highest BCUT2D eigenvalue weighted by Crippen LogP contribution is 2.22. The van der Waals surface area contributed by atoms with Crippen molar-refractivity contribution in [2.24, 2.45) is 5.92 Å². The normalized spacial score (nSPS) is 20.6. The quantitative estimate of drug-likeness (QED) is 0.831. The predicted molar refractivity (Wildman–Crippen MR) is 80.3 cm³/mol. The highest BCUT2D eigenvalue weighted by atomic mass is 32.1. The molecule has 6 heteroatoms. The maximum atomic E-state index is 12.4. The summed E-state index contributed by atoms with van der Waals surface area (Å²) in [5.74, 6) is 0.402. The zero-order valence-electron chi connectivity index (χ0n) is 12.0. The van der Waals surface area contributed by atoms with E-state index in [1.165, 1.54) is 11.3 Å². The van der Waals surface area contributed by atoms with E-state index in [1.807, 2.05) is 27.3 Å². The molecule has 5 nitrogen and oxygen atoms in total. The van der Waals surface area contributed by atoms with Crippen LogP contribution < -0.4 is 0 Å². The van der Waals surface area contributed by atoms with Gasteiger partial charge in [-0.25, -0.2) is 0 Å². The van der Waals surface area contributed by atoms with Gasteiger partial charge in [0.05, 0.1) is 18.1 Å². The predicted octanol–water partition coefficient (Wildman–Crippen LogP) is 1.46. The number of amides is 2. The van der Waals surface area contributed by atoms with E-state index >= 15 is 0 Å². The first-order valence-corrected chi connectivity index (χ1v) is 8.33. The Morgan fingerprint density at radius 1 is 1.10 bits per heavy atom. The highest BCUT2D eigenvalue weighted by Gasteiger charge is 2.31. The molecule has 1 aromatic heterocycles. The average Bonchev–Trinajstić information content (AvgIpc) is 3.09. The van der Waals surface area contributed by atoms with Crippen LogP contribution in [0.15, 0.2) is 17.5 Å². The monoisotopic (exact) mass is 308 g/mol. The van der Waals surface area contributed by atoms with Crippen molar-refractivity contribution in [3.05, 3.63) is 22.4 Å². The van der Waals surface area contributed by atoms with Crippen LogP contribution in [0.2, 0.25) is 0 Å². The molecular weight excluding hydrogens is 288 g/mol. The first kappa shape index (κ1) is 14.5. The molecule has 0 saturated carbocycles. The van der Waals surface area contributed by atoms with Crippen molar-refractivity contribution in [3.63, 3.8) is 0 Å². The molecular formula is C15H20N2O3S. The summed E-state index contributed by atoms with van der Waals surface area (Å²) >= 11 is 1.47. The van der Waals surface area contributed by atoms with Crippen molar-refractivity contribution in [3.8, 4) is 0 Å². The summed E-state index contributed by atoms with van der Waals surface area (Å²) in [4.78, 5) is 29.3. The lowest BCUT2D eigenvalue weighted by Crippen LogP contribution is -2.47. The molecule has 0 bridgehead atoms. The topological polar surface area (TPSA) is 49.9 Å². The molecule has 0 radical (unpaired) electrons. The second kappa shape index (κ2) is 6.58. The molecule has 0 aromatic carbocycles. The van der Waals surface area contributed by atoms with Crippen LogP contribution >= 0.6 is 11.3 Å². The summed E-state index contributed by atoms with van der Waals surface area (Å²) in [6, 6.07) is 3.75. The minimum Gasteiger partial charge on any atom is -0.378 e. The molecule has 0 aliphatic carbocycles. The first-order valence-electron chi connectivity index (χ1n) is 7.45. The van der Waals surface area contributed by atoms with Crippen molar-refractivity contribution in [1.29, 1.82) is 0 Å².